The first-order valence-electron chi connectivity index (χ1n) is 10.3. The van der Waals surface area contributed by atoms with Crippen molar-refractivity contribution < 1.29 is 14.6 Å². The van der Waals surface area contributed by atoms with Gasteiger partial charge in [-0.1, -0.05) is 38.3 Å². The SMILES string of the molecule is CCC1=C(C(=O)OCC2CCCCC2)C(c2cccc(O)c2)NCN1CC. The number of aromatic hydroxyl groups is 1. The molecule has 0 saturated heterocycles. The van der Waals surface area contributed by atoms with Crippen molar-refractivity contribution in [3.05, 3.63) is 41.1 Å². The van der Waals surface area contributed by atoms with E-state index in [2.05, 4.69) is 24.1 Å². The summed E-state index contributed by atoms with van der Waals surface area (Å²) in [5, 5.41) is 13.3. The van der Waals surface area contributed by atoms with Crippen LogP contribution in [0.4, 0.5) is 0 Å². The highest BCUT2D eigenvalue weighted by molar-refractivity contribution is 5.91. The quantitative estimate of drug-likeness (QED) is 0.736. The van der Waals surface area contributed by atoms with E-state index in [1.807, 2.05) is 12.1 Å². The van der Waals surface area contributed by atoms with Gasteiger partial charge in [-0.15, -0.1) is 0 Å². The van der Waals surface area contributed by atoms with Gasteiger partial charge in [0.1, 0.15) is 5.75 Å². The number of hydrogen-bond donors (Lipinski definition) is 2. The molecule has 1 unspecified atom stereocenters. The van der Waals surface area contributed by atoms with Crippen LogP contribution < -0.4 is 5.32 Å². The predicted octanol–water partition coefficient (Wildman–Crippen LogP) is 4.10. The predicted molar refractivity (Wildman–Crippen MR) is 106 cm³/mol. The van der Waals surface area contributed by atoms with Crippen LogP contribution in [-0.4, -0.2) is 35.8 Å². The molecule has 1 atom stereocenters. The molecule has 1 saturated carbocycles. The molecule has 0 aromatic heterocycles. The Labute approximate surface area is 162 Å². The number of phenols is 1. The first kappa shape index (κ1) is 19.7. The van der Waals surface area contributed by atoms with Crippen LogP contribution in [0.5, 0.6) is 5.75 Å². The van der Waals surface area contributed by atoms with Crippen LogP contribution in [0.2, 0.25) is 0 Å². The van der Waals surface area contributed by atoms with Crippen molar-refractivity contribution in [3.8, 4) is 5.75 Å². The molecule has 5 heteroatoms. The van der Waals surface area contributed by atoms with E-state index in [0.29, 0.717) is 24.8 Å². The lowest BCUT2D eigenvalue weighted by atomic mass is 9.90. The van der Waals surface area contributed by atoms with E-state index in [1.54, 1.807) is 12.1 Å². The van der Waals surface area contributed by atoms with Gasteiger partial charge < -0.3 is 14.7 Å². The topological polar surface area (TPSA) is 61.8 Å². The molecule has 3 rings (SSSR count). The van der Waals surface area contributed by atoms with E-state index in [-0.39, 0.29) is 17.8 Å². The zero-order valence-electron chi connectivity index (χ0n) is 16.5. The number of esters is 1. The van der Waals surface area contributed by atoms with Crippen molar-refractivity contribution >= 4 is 5.97 Å². The number of benzene rings is 1. The van der Waals surface area contributed by atoms with Gasteiger partial charge in [-0.2, -0.15) is 0 Å². The van der Waals surface area contributed by atoms with Crippen LogP contribution in [0.1, 0.15) is 64.0 Å². The standard InChI is InChI=1S/C22H32N2O3/c1-3-19-20(22(26)27-14-16-9-6-5-7-10-16)21(23-15-24(19)4-2)17-11-8-12-18(25)13-17/h8,11-13,16,21,23,25H,3-7,9-10,14-15H2,1-2H3. The number of nitrogens with one attached hydrogen (secondary N) is 1. The van der Waals surface area contributed by atoms with Gasteiger partial charge in [0.15, 0.2) is 0 Å². The summed E-state index contributed by atoms with van der Waals surface area (Å²) >= 11 is 0. The highest BCUT2D eigenvalue weighted by Gasteiger charge is 2.33. The van der Waals surface area contributed by atoms with Crippen LogP contribution >= 0.6 is 0 Å². The van der Waals surface area contributed by atoms with E-state index < -0.39 is 0 Å². The third-order valence-corrected chi connectivity index (χ3v) is 5.78. The third kappa shape index (κ3) is 4.64. The minimum atomic E-state index is -0.256. The number of hydrogen-bond acceptors (Lipinski definition) is 5. The van der Waals surface area contributed by atoms with Gasteiger partial charge in [0.2, 0.25) is 0 Å². The molecule has 1 aliphatic heterocycles. The molecule has 1 fully saturated rings. The molecule has 1 aliphatic carbocycles. The molecular weight excluding hydrogens is 340 g/mol. The molecule has 1 aromatic carbocycles. The zero-order valence-corrected chi connectivity index (χ0v) is 16.5. The number of allylic oxidation sites excluding steroid dienone is 1. The summed E-state index contributed by atoms with van der Waals surface area (Å²) in [6.07, 6.45) is 6.86. The second-order valence-corrected chi connectivity index (χ2v) is 7.56. The minimum Gasteiger partial charge on any atom is -0.508 e. The maximum atomic E-state index is 13.1. The summed E-state index contributed by atoms with van der Waals surface area (Å²) in [4.78, 5) is 15.3. The van der Waals surface area contributed by atoms with E-state index >= 15 is 0 Å². The Hall–Kier alpha value is -2.01. The fourth-order valence-corrected chi connectivity index (χ4v) is 4.30. The number of nitrogens with zero attached hydrogens (tertiary/aromatic N) is 1. The smallest absolute Gasteiger partial charge is 0.337 e. The van der Waals surface area contributed by atoms with Crippen LogP contribution in [0, 0.1) is 5.92 Å². The van der Waals surface area contributed by atoms with Gasteiger partial charge >= 0.3 is 5.97 Å². The maximum Gasteiger partial charge on any atom is 0.337 e. The van der Waals surface area contributed by atoms with Crippen molar-refractivity contribution in [3.63, 3.8) is 0 Å². The summed E-state index contributed by atoms with van der Waals surface area (Å²) in [6.45, 7) is 6.20. The highest BCUT2D eigenvalue weighted by atomic mass is 16.5. The zero-order chi connectivity index (χ0) is 19.2. The third-order valence-electron chi connectivity index (χ3n) is 5.78. The van der Waals surface area contributed by atoms with Crippen molar-refractivity contribution in [2.24, 2.45) is 5.92 Å². The maximum absolute atomic E-state index is 13.1. The van der Waals surface area contributed by atoms with Crippen molar-refractivity contribution in [1.29, 1.82) is 0 Å². The summed E-state index contributed by atoms with van der Waals surface area (Å²) in [5.41, 5.74) is 2.62. The molecule has 5 nitrogen and oxygen atoms in total. The van der Waals surface area contributed by atoms with Crippen molar-refractivity contribution in [1.82, 2.24) is 10.2 Å². The molecule has 2 aliphatic rings. The molecule has 148 valence electrons. The molecule has 1 heterocycles. The Morgan fingerprint density at radius 2 is 2.04 bits per heavy atom. The monoisotopic (exact) mass is 372 g/mol. The summed E-state index contributed by atoms with van der Waals surface area (Å²) < 4.78 is 5.80. The van der Waals surface area contributed by atoms with Gasteiger partial charge in [-0.25, -0.2) is 4.79 Å². The van der Waals surface area contributed by atoms with Crippen LogP contribution in [0.3, 0.4) is 0 Å². The number of carbonyl (C=O) groups excluding carboxylic acids is 1. The summed E-state index contributed by atoms with van der Waals surface area (Å²) in [5.74, 6) is 0.475. The minimum absolute atomic E-state index is 0.209. The Bertz CT molecular complexity index is 680. The first-order chi connectivity index (χ1) is 13.1. The molecule has 0 amide bonds. The summed E-state index contributed by atoms with van der Waals surface area (Å²) in [7, 11) is 0. The lowest BCUT2D eigenvalue weighted by Crippen LogP contribution is -2.44. The molecular formula is C22H32N2O3. The second kappa shape index (κ2) is 9.27. The Morgan fingerprint density at radius 3 is 2.70 bits per heavy atom. The summed E-state index contributed by atoms with van der Waals surface area (Å²) in [6, 6.07) is 6.88. The largest absolute Gasteiger partial charge is 0.508 e. The first-order valence-corrected chi connectivity index (χ1v) is 10.3. The molecule has 27 heavy (non-hydrogen) atoms. The van der Waals surface area contributed by atoms with Gasteiger partial charge in [0.05, 0.1) is 24.9 Å². The molecule has 2 N–H and O–H groups in total. The van der Waals surface area contributed by atoms with Crippen molar-refractivity contribution in [2.45, 2.75) is 58.4 Å². The Kier molecular flexibility index (Phi) is 6.78. The normalized spacial score (nSPS) is 21.4. The highest BCUT2D eigenvalue weighted by Crippen LogP contribution is 2.33. The van der Waals surface area contributed by atoms with Gasteiger partial charge in [0.25, 0.3) is 0 Å². The lowest BCUT2D eigenvalue weighted by molar-refractivity contribution is -0.141. The average Bonchev–Trinajstić information content (AvgIpc) is 2.71. The Balaban J connectivity index is 1.85. The van der Waals surface area contributed by atoms with E-state index in [0.717, 1.165) is 37.1 Å². The average molecular weight is 373 g/mol. The van der Waals surface area contributed by atoms with Gasteiger partial charge in [-0.05, 0) is 49.8 Å². The van der Waals surface area contributed by atoms with E-state index in [4.69, 9.17) is 4.74 Å². The van der Waals surface area contributed by atoms with Gasteiger partial charge in [-0.3, -0.25) is 5.32 Å². The number of carbonyl (C=O) groups is 1. The van der Waals surface area contributed by atoms with Crippen LogP contribution in [0.15, 0.2) is 35.5 Å². The van der Waals surface area contributed by atoms with Crippen LogP contribution in [-0.2, 0) is 9.53 Å². The van der Waals surface area contributed by atoms with Crippen molar-refractivity contribution in [2.75, 3.05) is 19.8 Å². The molecule has 1 aromatic rings. The fourth-order valence-electron chi connectivity index (χ4n) is 4.30. The Morgan fingerprint density at radius 1 is 1.26 bits per heavy atom. The van der Waals surface area contributed by atoms with Gasteiger partial charge in [0, 0.05) is 12.2 Å². The molecule has 0 bridgehead atoms. The fraction of sp³-hybridized carbons (Fsp3) is 0.591. The van der Waals surface area contributed by atoms with E-state index in [9.17, 15) is 9.90 Å². The lowest BCUT2D eigenvalue weighted by Gasteiger charge is -2.37. The van der Waals surface area contributed by atoms with E-state index in [1.165, 1.54) is 19.3 Å². The number of ether oxygens (including phenoxy) is 1. The van der Waals surface area contributed by atoms with Crippen LogP contribution in [0.25, 0.3) is 0 Å². The number of rotatable bonds is 6. The number of phenolic OH excluding ortho intramolecular Hbond substituents is 1. The molecule has 0 spiro atoms. The molecule has 0 radical (unpaired) electrons. The second-order valence-electron chi connectivity index (χ2n) is 7.56.